The van der Waals surface area contributed by atoms with Crippen LogP contribution in [0.5, 0.6) is 0 Å². The third-order valence-electron chi connectivity index (χ3n) is 16.6. The maximum Gasteiger partial charge on any atom is 0.306 e. The van der Waals surface area contributed by atoms with Crippen LogP contribution in [0.4, 0.5) is 0 Å². The first-order valence-electron chi connectivity index (χ1n) is 34.8. The van der Waals surface area contributed by atoms with Crippen molar-refractivity contribution in [3.05, 3.63) is 0 Å². The minimum absolute atomic E-state index is 0.0612. The SMILES string of the molecule is CCCCCCCCCCCCCCCCCCCC(=O)OC[C@@H](COC(=O)CCCCCCCCCCCCCCCCCCCCC(C)CC)OC(=O)CCCCCCCCCCCCCCCCCCC(C)C. The molecule has 2 atom stereocenters. The molecule has 6 heteroatoms. The average Bonchev–Trinajstić information content (AvgIpc) is 3.41. The molecule has 452 valence electrons. The lowest BCUT2D eigenvalue weighted by Gasteiger charge is -2.18. The smallest absolute Gasteiger partial charge is 0.306 e. The van der Waals surface area contributed by atoms with Crippen LogP contribution in [-0.2, 0) is 28.6 Å². The summed E-state index contributed by atoms with van der Waals surface area (Å²) in [5, 5.41) is 0. The zero-order chi connectivity index (χ0) is 55.3. The maximum absolute atomic E-state index is 12.9. The molecule has 0 radical (unpaired) electrons. The summed E-state index contributed by atoms with van der Waals surface area (Å²) in [5.74, 6) is 0.937. The van der Waals surface area contributed by atoms with Gasteiger partial charge in [-0.3, -0.25) is 14.4 Å². The fraction of sp³-hybridized carbons (Fsp3) is 0.957. The lowest BCUT2D eigenvalue weighted by molar-refractivity contribution is -0.167. The van der Waals surface area contributed by atoms with E-state index in [2.05, 4.69) is 34.6 Å². The molecule has 0 bridgehead atoms. The monoisotopic (exact) mass is 1070 g/mol. The van der Waals surface area contributed by atoms with Crippen molar-refractivity contribution >= 4 is 17.9 Å². The minimum atomic E-state index is -0.764. The molecule has 0 aromatic rings. The lowest BCUT2D eigenvalue weighted by atomic mass is 9.99. The average molecular weight is 1070 g/mol. The van der Waals surface area contributed by atoms with Crippen LogP contribution in [-0.4, -0.2) is 37.2 Å². The molecule has 0 aliphatic rings. The lowest BCUT2D eigenvalue weighted by Crippen LogP contribution is -2.30. The third kappa shape index (κ3) is 61.6. The predicted molar refractivity (Wildman–Crippen MR) is 330 cm³/mol. The molecule has 0 fully saturated rings. The first-order valence-corrected chi connectivity index (χ1v) is 34.8. The zero-order valence-electron chi connectivity index (χ0n) is 52.4. The van der Waals surface area contributed by atoms with E-state index in [0.717, 1.165) is 69.6 Å². The van der Waals surface area contributed by atoms with Gasteiger partial charge in [-0.15, -0.1) is 0 Å². The molecule has 0 N–H and O–H groups in total. The molecule has 0 rings (SSSR count). The van der Waals surface area contributed by atoms with E-state index in [1.54, 1.807) is 0 Å². The van der Waals surface area contributed by atoms with Gasteiger partial charge in [0, 0.05) is 19.3 Å². The van der Waals surface area contributed by atoms with Crippen molar-refractivity contribution in [3.63, 3.8) is 0 Å². The molecule has 0 aromatic carbocycles. The summed E-state index contributed by atoms with van der Waals surface area (Å²) in [6.45, 7) is 11.5. The van der Waals surface area contributed by atoms with Gasteiger partial charge in [0.1, 0.15) is 13.2 Å². The summed E-state index contributed by atoms with van der Waals surface area (Å²) >= 11 is 0. The molecule has 0 amide bonds. The van der Waals surface area contributed by atoms with Crippen LogP contribution in [0.3, 0.4) is 0 Å². The summed E-state index contributed by atoms with van der Waals surface area (Å²) in [7, 11) is 0. The number of ether oxygens (including phenoxy) is 3. The zero-order valence-corrected chi connectivity index (χ0v) is 52.4. The van der Waals surface area contributed by atoms with Gasteiger partial charge in [-0.1, -0.05) is 362 Å². The van der Waals surface area contributed by atoms with Gasteiger partial charge in [0.2, 0.25) is 0 Å². The van der Waals surface area contributed by atoms with E-state index in [9.17, 15) is 14.4 Å². The van der Waals surface area contributed by atoms with E-state index < -0.39 is 6.10 Å². The van der Waals surface area contributed by atoms with E-state index in [4.69, 9.17) is 14.2 Å². The van der Waals surface area contributed by atoms with Crippen LogP contribution in [0.1, 0.15) is 401 Å². The van der Waals surface area contributed by atoms with Crippen LogP contribution >= 0.6 is 0 Å². The normalized spacial score (nSPS) is 12.4. The molecule has 0 heterocycles. The molecule has 1 unspecified atom stereocenters. The van der Waals surface area contributed by atoms with Crippen LogP contribution < -0.4 is 0 Å². The summed E-state index contributed by atoms with van der Waals surface area (Å²) in [5.41, 5.74) is 0. The van der Waals surface area contributed by atoms with Gasteiger partial charge in [-0.25, -0.2) is 0 Å². The third-order valence-corrected chi connectivity index (χ3v) is 16.6. The van der Waals surface area contributed by atoms with Crippen LogP contribution in [0.25, 0.3) is 0 Å². The molecule has 0 aromatic heterocycles. The molecular weight excluding hydrogens is 937 g/mol. The molecule has 0 aliphatic carbocycles. The molecular formula is C70H136O6. The standard InChI is InChI=1S/C70H136O6/c1-6-8-9-10-11-12-13-14-15-18-25-30-35-40-45-50-55-60-68(71)74-63-67(76-70(73)62-57-52-47-42-37-32-27-22-21-23-28-33-38-43-48-53-58-65(3)4)64-75-69(72)61-56-51-46-41-36-31-26-20-17-16-19-24-29-34-39-44-49-54-59-66(5)7-2/h65-67H,6-64H2,1-5H3/t66?,67-/m0/s1. The van der Waals surface area contributed by atoms with Crippen molar-refractivity contribution in [2.45, 2.75) is 407 Å². The highest BCUT2D eigenvalue weighted by atomic mass is 16.6. The molecule has 0 aliphatic heterocycles. The van der Waals surface area contributed by atoms with Gasteiger partial charge in [-0.2, -0.15) is 0 Å². The van der Waals surface area contributed by atoms with Gasteiger partial charge in [-0.05, 0) is 31.1 Å². The van der Waals surface area contributed by atoms with E-state index in [1.807, 2.05) is 0 Å². The van der Waals surface area contributed by atoms with Crippen LogP contribution in [0.15, 0.2) is 0 Å². The first-order chi connectivity index (χ1) is 37.3. The number of carbonyl (C=O) groups is 3. The Morgan fingerprint density at radius 3 is 0.750 bits per heavy atom. The summed E-state index contributed by atoms with van der Waals surface area (Å²) in [4.78, 5) is 38.4. The Morgan fingerprint density at radius 1 is 0.276 bits per heavy atom. The van der Waals surface area contributed by atoms with Crippen molar-refractivity contribution < 1.29 is 28.6 Å². The van der Waals surface area contributed by atoms with Gasteiger partial charge in [0.05, 0.1) is 0 Å². The van der Waals surface area contributed by atoms with Gasteiger partial charge in [0.25, 0.3) is 0 Å². The topological polar surface area (TPSA) is 78.9 Å². The fourth-order valence-corrected chi connectivity index (χ4v) is 11.0. The Morgan fingerprint density at radius 2 is 0.500 bits per heavy atom. The number of esters is 3. The highest BCUT2D eigenvalue weighted by Crippen LogP contribution is 2.20. The van der Waals surface area contributed by atoms with Crippen molar-refractivity contribution in [2.75, 3.05) is 13.2 Å². The second-order valence-corrected chi connectivity index (χ2v) is 24.9. The van der Waals surface area contributed by atoms with E-state index in [-0.39, 0.29) is 31.1 Å². The number of unbranched alkanes of at least 4 members (excludes halogenated alkanes) is 48. The first kappa shape index (κ1) is 74.4. The highest BCUT2D eigenvalue weighted by molar-refractivity contribution is 5.71. The molecule has 0 spiro atoms. The molecule has 0 saturated heterocycles. The Hall–Kier alpha value is -1.59. The largest absolute Gasteiger partial charge is 0.462 e. The summed E-state index contributed by atoms with van der Waals surface area (Å²) in [6.07, 6.45) is 71.1. The maximum atomic E-state index is 12.9. The fourth-order valence-electron chi connectivity index (χ4n) is 11.0. The quantitative estimate of drug-likeness (QED) is 0.0343. The van der Waals surface area contributed by atoms with E-state index in [1.165, 1.54) is 289 Å². The minimum Gasteiger partial charge on any atom is -0.462 e. The second-order valence-electron chi connectivity index (χ2n) is 24.9. The van der Waals surface area contributed by atoms with Crippen LogP contribution in [0.2, 0.25) is 0 Å². The summed E-state index contributed by atoms with van der Waals surface area (Å²) < 4.78 is 17.0. The molecule has 76 heavy (non-hydrogen) atoms. The Kier molecular flexibility index (Phi) is 61.3. The van der Waals surface area contributed by atoms with Crippen molar-refractivity contribution in [3.8, 4) is 0 Å². The highest BCUT2D eigenvalue weighted by Gasteiger charge is 2.20. The second kappa shape index (κ2) is 62.6. The van der Waals surface area contributed by atoms with Crippen LogP contribution in [0, 0.1) is 11.8 Å². The Labute approximate surface area is 476 Å². The number of hydrogen-bond donors (Lipinski definition) is 0. The van der Waals surface area contributed by atoms with E-state index in [0.29, 0.717) is 19.3 Å². The Bertz CT molecular complexity index is 1170. The van der Waals surface area contributed by atoms with Gasteiger partial charge >= 0.3 is 17.9 Å². The predicted octanol–water partition coefficient (Wildman–Crippen LogP) is 23.6. The van der Waals surface area contributed by atoms with Gasteiger partial charge < -0.3 is 14.2 Å². The number of rotatable bonds is 64. The molecule has 0 saturated carbocycles. The molecule has 6 nitrogen and oxygen atoms in total. The van der Waals surface area contributed by atoms with Crippen molar-refractivity contribution in [2.24, 2.45) is 11.8 Å². The van der Waals surface area contributed by atoms with Crippen molar-refractivity contribution in [1.29, 1.82) is 0 Å². The van der Waals surface area contributed by atoms with E-state index >= 15 is 0 Å². The number of carbonyl (C=O) groups excluding carboxylic acids is 3. The number of hydrogen-bond acceptors (Lipinski definition) is 6. The Balaban J connectivity index is 4.27. The van der Waals surface area contributed by atoms with Gasteiger partial charge in [0.15, 0.2) is 6.10 Å². The summed E-state index contributed by atoms with van der Waals surface area (Å²) in [6, 6.07) is 0. The van der Waals surface area contributed by atoms with Crippen molar-refractivity contribution in [1.82, 2.24) is 0 Å².